The normalized spacial score (nSPS) is 10.5. The lowest BCUT2D eigenvalue weighted by molar-refractivity contribution is 0.0951. The maximum absolute atomic E-state index is 12.0. The highest BCUT2D eigenvalue weighted by atomic mass is 35.5. The zero-order valence-corrected chi connectivity index (χ0v) is 11.7. The van der Waals surface area contributed by atoms with Crippen LogP contribution in [0.25, 0.3) is 0 Å². The highest BCUT2D eigenvalue weighted by molar-refractivity contribution is 6.33. The zero-order chi connectivity index (χ0) is 13.8. The summed E-state index contributed by atoms with van der Waals surface area (Å²) in [6.07, 6.45) is 1.95. The summed E-state index contributed by atoms with van der Waals surface area (Å²) in [4.78, 5) is 12.0. The second-order valence-electron chi connectivity index (χ2n) is 4.26. The third kappa shape index (κ3) is 3.15. The molecule has 2 rings (SSSR count). The summed E-state index contributed by atoms with van der Waals surface area (Å²) < 4.78 is 1.85. The van der Waals surface area contributed by atoms with Gasteiger partial charge >= 0.3 is 0 Å². The molecule has 0 unspecified atom stereocenters. The molecule has 1 N–H and O–H groups in total. The predicted octanol–water partition coefficient (Wildman–Crippen LogP) is 2.79. The minimum Gasteiger partial charge on any atom is -0.348 e. The lowest BCUT2D eigenvalue weighted by Crippen LogP contribution is -2.23. The molecule has 0 aliphatic carbocycles. The Kier molecular flexibility index (Phi) is 4.22. The Morgan fingerprint density at radius 3 is 2.79 bits per heavy atom. The van der Waals surface area contributed by atoms with Crippen molar-refractivity contribution in [3.05, 3.63) is 52.3 Å². The molecule has 1 aromatic heterocycles. The Morgan fingerprint density at radius 2 is 2.16 bits per heavy atom. The first-order valence-electron chi connectivity index (χ1n) is 6.17. The molecular weight excluding hydrogens is 262 g/mol. The van der Waals surface area contributed by atoms with Crippen LogP contribution in [0, 0.1) is 6.92 Å². The maximum Gasteiger partial charge on any atom is 0.253 e. The van der Waals surface area contributed by atoms with E-state index in [1.807, 2.05) is 24.7 Å². The van der Waals surface area contributed by atoms with E-state index >= 15 is 0 Å². The monoisotopic (exact) mass is 277 g/mol. The molecule has 0 radical (unpaired) electrons. The van der Waals surface area contributed by atoms with Crippen molar-refractivity contribution >= 4 is 17.5 Å². The van der Waals surface area contributed by atoms with Gasteiger partial charge in [-0.05, 0) is 26.0 Å². The number of hydrogen-bond acceptors (Lipinski definition) is 2. The van der Waals surface area contributed by atoms with Gasteiger partial charge in [-0.15, -0.1) is 0 Å². The quantitative estimate of drug-likeness (QED) is 0.934. The van der Waals surface area contributed by atoms with E-state index in [0.29, 0.717) is 17.1 Å². The summed E-state index contributed by atoms with van der Waals surface area (Å²) in [6, 6.07) is 7.01. The summed E-state index contributed by atoms with van der Waals surface area (Å²) in [5, 5.41) is 7.65. The lowest BCUT2D eigenvalue weighted by atomic mass is 10.2. The number of benzene rings is 1. The average molecular weight is 278 g/mol. The molecule has 100 valence electrons. The van der Waals surface area contributed by atoms with E-state index in [9.17, 15) is 4.79 Å². The van der Waals surface area contributed by atoms with Crippen LogP contribution in [-0.2, 0) is 13.1 Å². The molecule has 1 amide bonds. The van der Waals surface area contributed by atoms with Gasteiger partial charge in [0.1, 0.15) is 0 Å². The minimum atomic E-state index is -0.172. The Hall–Kier alpha value is -1.81. The van der Waals surface area contributed by atoms with Crippen LogP contribution in [0.1, 0.15) is 28.5 Å². The van der Waals surface area contributed by atoms with Crippen molar-refractivity contribution < 1.29 is 4.79 Å². The molecule has 2 aromatic rings. The summed E-state index contributed by atoms with van der Waals surface area (Å²) in [7, 11) is 0. The average Bonchev–Trinajstić information content (AvgIpc) is 2.77. The van der Waals surface area contributed by atoms with Crippen LogP contribution in [0.5, 0.6) is 0 Å². The van der Waals surface area contributed by atoms with Crippen molar-refractivity contribution in [1.82, 2.24) is 15.1 Å². The Labute approximate surface area is 117 Å². The first-order chi connectivity index (χ1) is 9.11. The fourth-order valence-corrected chi connectivity index (χ4v) is 2.03. The molecule has 19 heavy (non-hydrogen) atoms. The summed E-state index contributed by atoms with van der Waals surface area (Å²) in [5.41, 5.74) is 2.44. The van der Waals surface area contributed by atoms with E-state index in [4.69, 9.17) is 11.6 Å². The van der Waals surface area contributed by atoms with E-state index < -0.39 is 0 Å². The van der Waals surface area contributed by atoms with Gasteiger partial charge in [0.05, 0.1) is 16.3 Å². The number of aromatic nitrogens is 2. The largest absolute Gasteiger partial charge is 0.348 e. The third-order valence-corrected chi connectivity index (χ3v) is 3.26. The zero-order valence-electron chi connectivity index (χ0n) is 11.0. The summed E-state index contributed by atoms with van der Waals surface area (Å²) in [6.45, 7) is 5.23. The third-order valence-electron chi connectivity index (χ3n) is 2.93. The van der Waals surface area contributed by atoms with Crippen molar-refractivity contribution in [2.75, 3.05) is 0 Å². The smallest absolute Gasteiger partial charge is 0.253 e. The van der Waals surface area contributed by atoms with Crippen molar-refractivity contribution in [3.8, 4) is 0 Å². The molecule has 0 fully saturated rings. The van der Waals surface area contributed by atoms with E-state index in [1.54, 1.807) is 24.3 Å². The molecule has 1 aromatic carbocycles. The van der Waals surface area contributed by atoms with Gasteiger partial charge in [0.25, 0.3) is 5.91 Å². The van der Waals surface area contributed by atoms with Gasteiger partial charge in [-0.1, -0.05) is 23.7 Å². The lowest BCUT2D eigenvalue weighted by Gasteiger charge is -2.05. The number of aryl methyl sites for hydroxylation is 2. The Morgan fingerprint density at radius 1 is 1.42 bits per heavy atom. The molecule has 1 heterocycles. The number of nitrogens with one attached hydrogen (secondary N) is 1. The highest BCUT2D eigenvalue weighted by Gasteiger charge is 2.10. The van der Waals surface area contributed by atoms with Gasteiger partial charge in [-0.25, -0.2) is 0 Å². The second kappa shape index (κ2) is 5.89. The molecule has 5 heteroatoms. The molecule has 0 saturated heterocycles. The van der Waals surface area contributed by atoms with Crippen molar-refractivity contribution in [2.45, 2.75) is 26.9 Å². The first kappa shape index (κ1) is 13.6. The molecular formula is C14H16ClN3O. The topological polar surface area (TPSA) is 46.9 Å². The molecule has 0 atom stereocenters. The SMILES string of the molecule is CCn1cc(CNC(=O)c2ccccc2Cl)c(C)n1. The number of nitrogens with zero attached hydrogens (tertiary/aromatic N) is 2. The number of rotatable bonds is 4. The molecule has 0 aliphatic rings. The van der Waals surface area contributed by atoms with Crippen molar-refractivity contribution in [2.24, 2.45) is 0 Å². The maximum atomic E-state index is 12.0. The van der Waals surface area contributed by atoms with E-state index in [2.05, 4.69) is 10.4 Å². The summed E-state index contributed by atoms with van der Waals surface area (Å²) >= 11 is 5.98. The fourth-order valence-electron chi connectivity index (χ4n) is 1.81. The van der Waals surface area contributed by atoms with E-state index in [1.165, 1.54) is 0 Å². The predicted molar refractivity (Wildman–Crippen MR) is 75.3 cm³/mol. The molecule has 0 aliphatic heterocycles. The number of carbonyl (C=O) groups is 1. The van der Waals surface area contributed by atoms with Gasteiger partial charge < -0.3 is 5.32 Å². The minimum absolute atomic E-state index is 0.172. The van der Waals surface area contributed by atoms with Gasteiger partial charge in [0, 0.05) is 24.8 Å². The van der Waals surface area contributed by atoms with Gasteiger partial charge in [-0.3, -0.25) is 9.48 Å². The van der Waals surface area contributed by atoms with Gasteiger partial charge in [0.2, 0.25) is 0 Å². The van der Waals surface area contributed by atoms with E-state index in [0.717, 1.165) is 17.8 Å². The van der Waals surface area contributed by atoms with Crippen LogP contribution in [0.15, 0.2) is 30.5 Å². The van der Waals surface area contributed by atoms with Crippen LogP contribution in [0.3, 0.4) is 0 Å². The van der Waals surface area contributed by atoms with Gasteiger partial charge in [0.15, 0.2) is 0 Å². The van der Waals surface area contributed by atoms with Crippen molar-refractivity contribution in [1.29, 1.82) is 0 Å². The van der Waals surface area contributed by atoms with Crippen LogP contribution >= 0.6 is 11.6 Å². The number of halogens is 1. The molecule has 4 nitrogen and oxygen atoms in total. The van der Waals surface area contributed by atoms with Gasteiger partial charge in [-0.2, -0.15) is 5.10 Å². The Balaban J connectivity index is 2.04. The van der Waals surface area contributed by atoms with Crippen LogP contribution in [0.2, 0.25) is 5.02 Å². The van der Waals surface area contributed by atoms with Crippen molar-refractivity contribution in [3.63, 3.8) is 0 Å². The van der Waals surface area contributed by atoms with E-state index in [-0.39, 0.29) is 5.91 Å². The molecule has 0 saturated carbocycles. The summed E-state index contributed by atoms with van der Waals surface area (Å²) in [5.74, 6) is -0.172. The Bertz CT molecular complexity index is 592. The standard InChI is InChI=1S/C14H16ClN3O/c1-3-18-9-11(10(2)17-18)8-16-14(19)12-6-4-5-7-13(12)15/h4-7,9H,3,8H2,1-2H3,(H,16,19). The van der Waals surface area contributed by atoms with Crippen LogP contribution in [-0.4, -0.2) is 15.7 Å². The number of carbonyl (C=O) groups excluding carboxylic acids is 1. The number of hydrogen-bond donors (Lipinski definition) is 1. The van der Waals surface area contributed by atoms with Crippen LogP contribution < -0.4 is 5.32 Å². The fraction of sp³-hybridized carbons (Fsp3) is 0.286. The first-order valence-corrected chi connectivity index (χ1v) is 6.55. The number of amides is 1. The molecule has 0 spiro atoms. The molecule has 0 bridgehead atoms. The highest BCUT2D eigenvalue weighted by Crippen LogP contribution is 2.15. The second-order valence-corrected chi connectivity index (χ2v) is 4.67. The van der Waals surface area contributed by atoms with Crippen LogP contribution in [0.4, 0.5) is 0 Å².